The summed E-state index contributed by atoms with van der Waals surface area (Å²) in [6.45, 7) is 4.28. The number of nitrogens with one attached hydrogen (secondary N) is 1. The van der Waals surface area contributed by atoms with E-state index >= 15 is 0 Å². The van der Waals surface area contributed by atoms with Crippen LogP contribution in [0, 0.1) is 0 Å². The van der Waals surface area contributed by atoms with E-state index in [2.05, 4.69) is 48.6 Å². The van der Waals surface area contributed by atoms with Crippen LogP contribution in [0.4, 0.5) is 0 Å². The van der Waals surface area contributed by atoms with Gasteiger partial charge in [0.05, 0.1) is 5.04 Å². The summed E-state index contributed by atoms with van der Waals surface area (Å²) in [5.74, 6) is 0. The maximum Gasteiger partial charge on any atom is 0.100 e. The predicted octanol–water partition coefficient (Wildman–Crippen LogP) is 2.62. The van der Waals surface area contributed by atoms with Gasteiger partial charge in [0.15, 0.2) is 0 Å². The van der Waals surface area contributed by atoms with Crippen molar-refractivity contribution < 1.29 is 0 Å². The minimum atomic E-state index is 0.0596. The fourth-order valence-corrected chi connectivity index (χ4v) is 2.39. The number of hydrogen-bond donors (Lipinski definition) is 1. The van der Waals surface area contributed by atoms with Crippen LogP contribution in [0.25, 0.3) is 0 Å². The van der Waals surface area contributed by atoms with E-state index in [4.69, 9.17) is 0 Å². The first-order valence-electron chi connectivity index (χ1n) is 4.72. The number of nitrogens with zero attached hydrogens (tertiary/aromatic N) is 1. The number of benzene rings is 1. The van der Waals surface area contributed by atoms with Crippen LogP contribution in [0.2, 0.25) is 0 Å². The lowest BCUT2D eigenvalue weighted by molar-refractivity contribution is 0.582. The van der Waals surface area contributed by atoms with Gasteiger partial charge in [0.2, 0.25) is 0 Å². The molecule has 3 heteroatoms. The Morgan fingerprint density at radius 1 is 1.29 bits per heavy atom. The fourth-order valence-electron chi connectivity index (χ4n) is 1.38. The highest BCUT2D eigenvalue weighted by Crippen LogP contribution is 2.29. The Balaban J connectivity index is 2.01. The van der Waals surface area contributed by atoms with E-state index in [-0.39, 0.29) is 4.87 Å². The second kappa shape index (κ2) is 3.65. The molecule has 0 aromatic heterocycles. The third-order valence-electron chi connectivity index (χ3n) is 2.02. The van der Waals surface area contributed by atoms with Gasteiger partial charge in [-0.1, -0.05) is 42.1 Å². The highest BCUT2D eigenvalue weighted by atomic mass is 32.2. The predicted molar refractivity (Wildman–Crippen MR) is 62.4 cm³/mol. The molecule has 74 valence electrons. The van der Waals surface area contributed by atoms with E-state index in [9.17, 15) is 0 Å². The van der Waals surface area contributed by atoms with Gasteiger partial charge in [-0.25, -0.2) is 0 Å². The standard InChI is InChI=1S/C11H14N2S/c1-11(2)13-12-10(14-11)8-9-6-4-3-5-7-9/h3-7,13H,8H2,1-2H3. The number of hydrogen-bond acceptors (Lipinski definition) is 3. The molecule has 1 heterocycles. The maximum atomic E-state index is 4.31. The smallest absolute Gasteiger partial charge is 0.100 e. The molecule has 0 saturated carbocycles. The van der Waals surface area contributed by atoms with Crippen LogP contribution >= 0.6 is 11.8 Å². The molecule has 0 fully saturated rings. The highest BCUT2D eigenvalue weighted by Gasteiger charge is 2.26. The van der Waals surface area contributed by atoms with Crippen LogP contribution in [-0.4, -0.2) is 9.91 Å². The molecule has 1 aliphatic rings. The molecule has 1 N–H and O–H groups in total. The quantitative estimate of drug-likeness (QED) is 0.804. The van der Waals surface area contributed by atoms with Gasteiger partial charge < -0.3 is 0 Å². The van der Waals surface area contributed by atoms with Crippen molar-refractivity contribution >= 4 is 16.8 Å². The Bertz CT molecular complexity index is 344. The summed E-state index contributed by atoms with van der Waals surface area (Å²) in [6, 6.07) is 10.4. The average Bonchev–Trinajstić information content (AvgIpc) is 2.47. The summed E-state index contributed by atoms with van der Waals surface area (Å²) >= 11 is 1.80. The van der Waals surface area contributed by atoms with Crippen LogP contribution in [0.5, 0.6) is 0 Å². The van der Waals surface area contributed by atoms with Crippen LogP contribution in [0.3, 0.4) is 0 Å². The Morgan fingerprint density at radius 2 is 2.00 bits per heavy atom. The SMILES string of the molecule is CC1(C)NN=C(Cc2ccccc2)S1. The van der Waals surface area contributed by atoms with Gasteiger partial charge in [-0.2, -0.15) is 5.10 Å². The van der Waals surface area contributed by atoms with E-state index < -0.39 is 0 Å². The minimum Gasteiger partial charge on any atom is -0.293 e. The normalized spacial score (nSPS) is 18.9. The van der Waals surface area contributed by atoms with Gasteiger partial charge in [0, 0.05) is 6.42 Å². The number of thioether (sulfide) groups is 1. The van der Waals surface area contributed by atoms with Crippen LogP contribution in [0.15, 0.2) is 35.4 Å². The minimum absolute atomic E-state index is 0.0596. The van der Waals surface area contributed by atoms with E-state index in [0.29, 0.717) is 0 Å². The second-order valence-electron chi connectivity index (χ2n) is 3.89. The highest BCUT2D eigenvalue weighted by molar-refractivity contribution is 8.15. The van der Waals surface area contributed by atoms with Crippen molar-refractivity contribution in [2.75, 3.05) is 0 Å². The van der Waals surface area contributed by atoms with Gasteiger partial charge >= 0.3 is 0 Å². The average molecular weight is 206 g/mol. The summed E-state index contributed by atoms with van der Waals surface area (Å²) in [5, 5.41) is 5.48. The largest absolute Gasteiger partial charge is 0.293 e. The lowest BCUT2D eigenvalue weighted by atomic mass is 10.2. The second-order valence-corrected chi connectivity index (χ2v) is 5.59. The van der Waals surface area contributed by atoms with Gasteiger partial charge in [-0.05, 0) is 19.4 Å². The topological polar surface area (TPSA) is 24.4 Å². The van der Waals surface area contributed by atoms with Crippen molar-refractivity contribution in [3.8, 4) is 0 Å². The number of rotatable bonds is 2. The molecule has 1 aliphatic heterocycles. The Kier molecular flexibility index (Phi) is 2.50. The summed E-state index contributed by atoms with van der Waals surface area (Å²) in [6.07, 6.45) is 0.932. The molecule has 0 spiro atoms. The van der Waals surface area contributed by atoms with Crippen LogP contribution < -0.4 is 5.43 Å². The molecule has 14 heavy (non-hydrogen) atoms. The Morgan fingerprint density at radius 3 is 2.57 bits per heavy atom. The molecule has 1 aromatic rings. The van der Waals surface area contributed by atoms with E-state index in [1.807, 2.05) is 6.07 Å². The van der Waals surface area contributed by atoms with Gasteiger partial charge in [0.25, 0.3) is 0 Å². The fraction of sp³-hybridized carbons (Fsp3) is 0.364. The molecule has 2 nitrogen and oxygen atoms in total. The first kappa shape index (κ1) is 9.59. The summed E-state index contributed by atoms with van der Waals surface area (Å²) in [7, 11) is 0. The molecule has 1 aromatic carbocycles. The first-order valence-corrected chi connectivity index (χ1v) is 5.54. The van der Waals surface area contributed by atoms with Crippen molar-refractivity contribution in [2.24, 2.45) is 5.10 Å². The first-order chi connectivity index (χ1) is 6.66. The van der Waals surface area contributed by atoms with Gasteiger partial charge in [-0.3, -0.25) is 5.43 Å². The molecule has 2 rings (SSSR count). The van der Waals surface area contributed by atoms with Crippen molar-refractivity contribution in [1.29, 1.82) is 0 Å². The third-order valence-corrected chi connectivity index (χ3v) is 3.09. The lowest BCUT2D eigenvalue weighted by Gasteiger charge is -2.14. The van der Waals surface area contributed by atoms with Gasteiger partial charge in [0.1, 0.15) is 4.87 Å². The zero-order chi connectivity index (χ0) is 10.0. The molecule has 0 amide bonds. The third kappa shape index (κ3) is 2.29. The molecule has 0 aliphatic carbocycles. The Hall–Kier alpha value is -0.960. The van der Waals surface area contributed by atoms with E-state index in [0.717, 1.165) is 6.42 Å². The van der Waals surface area contributed by atoms with E-state index in [1.54, 1.807) is 11.8 Å². The molecular weight excluding hydrogens is 192 g/mol. The Labute approximate surface area is 88.8 Å². The molecule has 0 bridgehead atoms. The zero-order valence-corrected chi connectivity index (χ0v) is 9.27. The molecule has 0 atom stereocenters. The monoisotopic (exact) mass is 206 g/mol. The molecule has 0 unspecified atom stereocenters. The summed E-state index contributed by atoms with van der Waals surface area (Å²) in [5.41, 5.74) is 4.43. The van der Waals surface area contributed by atoms with Crippen molar-refractivity contribution in [2.45, 2.75) is 25.1 Å². The van der Waals surface area contributed by atoms with E-state index in [1.165, 1.54) is 10.6 Å². The number of hydrazone groups is 1. The van der Waals surface area contributed by atoms with Crippen LogP contribution in [0.1, 0.15) is 19.4 Å². The maximum absolute atomic E-state index is 4.31. The zero-order valence-electron chi connectivity index (χ0n) is 8.45. The molecule has 0 saturated heterocycles. The summed E-state index contributed by atoms with van der Waals surface area (Å²) in [4.78, 5) is 0.0596. The van der Waals surface area contributed by atoms with Crippen molar-refractivity contribution in [1.82, 2.24) is 5.43 Å². The van der Waals surface area contributed by atoms with Gasteiger partial charge in [-0.15, -0.1) is 0 Å². The molecule has 0 radical (unpaired) electrons. The molecular formula is C11H14N2S. The van der Waals surface area contributed by atoms with Crippen LogP contribution in [-0.2, 0) is 6.42 Å². The summed E-state index contributed by atoms with van der Waals surface area (Å²) < 4.78 is 0. The lowest BCUT2D eigenvalue weighted by Crippen LogP contribution is -2.26. The van der Waals surface area contributed by atoms with Crippen molar-refractivity contribution in [3.63, 3.8) is 0 Å². The van der Waals surface area contributed by atoms with Crippen molar-refractivity contribution in [3.05, 3.63) is 35.9 Å².